The molecule has 1 N–H and O–H groups in total. The molecule has 1 aliphatic rings. The van der Waals surface area contributed by atoms with E-state index < -0.39 is 22.0 Å². The van der Waals surface area contributed by atoms with E-state index in [9.17, 15) is 24.5 Å². The van der Waals surface area contributed by atoms with E-state index >= 15 is 0 Å². The second-order valence-corrected chi connectivity index (χ2v) is 6.79. The summed E-state index contributed by atoms with van der Waals surface area (Å²) in [5.41, 5.74) is 0.815. The van der Waals surface area contributed by atoms with Gasteiger partial charge < -0.3 is 5.11 Å². The molecule has 2 heterocycles. The summed E-state index contributed by atoms with van der Waals surface area (Å²) < 4.78 is 1.43. The molecular weight excluding hydrogens is 388 g/mol. The van der Waals surface area contributed by atoms with Gasteiger partial charge in [0.2, 0.25) is 0 Å². The monoisotopic (exact) mass is 402 g/mol. The van der Waals surface area contributed by atoms with E-state index in [2.05, 4.69) is 5.10 Å². The lowest BCUT2D eigenvalue weighted by molar-refractivity contribution is -0.384. The van der Waals surface area contributed by atoms with Crippen LogP contribution in [-0.4, -0.2) is 48.4 Å². The number of thioether (sulfide) groups is 1. The first-order valence-electron chi connectivity index (χ1n) is 8.13. The van der Waals surface area contributed by atoms with Crippen LogP contribution in [0.25, 0.3) is 11.8 Å². The molecule has 2 amide bonds. The highest BCUT2D eigenvalue weighted by atomic mass is 32.2. The van der Waals surface area contributed by atoms with E-state index in [4.69, 9.17) is 5.11 Å². The highest BCUT2D eigenvalue weighted by Crippen LogP contribution is 2.32. The van der Waals surface area contributed by atoms with Crippen LogP contribution in [0.2, 0.25) is 0 Å². The number of benzene rings is 1. The molecule has 0 unspecified atom stereocenters. The molecule has 1 saturated heterocycles. The van der Waals surface area contributed by atoms with Gasteiger partial charge in [-0.25, -0.2) is 4.68 Å². The van der Waals surface area contributed by atoms with Crippen molar-refractivity contribution < 1.29 is 24.4 Å². The quantitative estimate of drug-likeness (QED) is 0.424. The summed E-state index contributed by atoms with van der Waals surface area (Å²) in [6.07, 6.45) is 3.09. The van der Waals surface area contributed by atoms with E-state index in [1.54, 1.807) is 18.3 Å². The number of hydrogen-bond donors (Lipinski definition) is 1. The smallest absolute Gasteiger partial charge is 0.303 e. The second kappa shape index (κ2) is 8.05. The average molecular weight is 402 g/mol. The molecular formula is C17H14N4O6S. The van der Waals surface area contributed by atoms with Gasteiger partial charge in [-0.1, -0.05) is 6.07 Å². The summed E-state index contributed by atoms with van der Waals surface area (Å²) in [5.74, 6) is -1.49. The van der Waals surface area contributed by atoms with Crippen LogP contribution in [0.3, 0.4) is 0 Å². The Balaban J connectivity index is 1.75. The van der Waals surface area contributed by atoms with Crippen molar-refractivity contribution in [1.29, 1.82) is 0 Å². The molecule has 144 valence electrons. The number of carboxylic acids is 1. The lowest BCUT2D eigenvalue weighted by atomic mass is 10.3. The Labute approximate surface area is 162 Å². The Kier molecular flexibility index (Phi) is 5.54. The summed E-state index contributed by atoms with van der Waals surface area (Å²) in [4.78, 5) is 46.5. The average Bonchev–Trinajstić information content (AvgIpc) is 3.22. The maximum absolute atomic E-state index is 12.4. The van der Waals surface area contributed by atoms with Crippen LogP contribution in [-0.2, 0) is 9.59 Å². The van der Waals surface area contributed by atoms with Crippen molar-refractivity contribution in [1.82, 2.24) is 14.7 Å². The zero-order chi connectivity index (χ0) is 20.3. The van der Waals surface area contributed by atoms with Crippen LogP contribution in [0.1, 0.15) is 18.5 Å². The van der Waals surface area contributed by atoms with Gasteiger partial charge in [-0.05, 0) is 36.4 Å². The first kappa shape index (κ1) is 19.3. The fraction of sp³-hybridized carbons (Fsp3) is 0.176. The number of carboxylic acid groups (broad SMARTS) is 1. The SMILES string of the molecule is O=C(O)CCCN1C(=O)S/C(=C\c2ccn(-c3cccc([N+](=O)[O-])c3)n2)C1=O. The van der Waals surface area contributed by atoms with E-state index in [-0.39, 0.29) is 30.0 Å². The molecule has 3 rings (SSSR count). The number of imide groups is 1. The number of rotatable bonds is 7. The maximum Gasteiger partial charge on any atom is 0.303 e. The highest BCUT2D eigenvalue weighted by molar-refractivity contribution is 8.18. The fourth-order valence-corrected chi connectivity index (χ4v) is 3.37. The molecule has 1 aromatic carbocycles. The van der Waals surface area contributed by atoms with Crippen molar-refractivity contribution in [2.24, 2.45) is 0 Å². The lowest BCUT2D eigenvalue weighted by Gasteiger charge is -2.10. The molecule has 2 aromatic rings. The molecule has 0 radical (unpaired) electrons. The number of aliphatic carboxylic acids is 1. The van der Waals surface area contributed by atoms with Gasteiger partial charge in [-0.15, -0.1) is 0 Å². The first-order chi connectivity index (χ1) is 13.3. The van der Waals surface area contributed by atoms with Crippen LogP contribution in [0.4, 0.5) is 10.5 Å². The predicted molar refractivity (Wildman–Crippen MR) is 99.8 cm³/mol. The third-order valence-electron chi connectivity index (χ3n) is 3.84. The number of hydrogen-bond acceptors (Lipinski definition) is 7. The van der Waals surface area contributed by atoms with E-state index in [1.807, 2.05) is 0 Å². The van der Waals surface area contributed by atoms with Gasteiger partial charge in [0.15, 0.2) is 0 Å². The van der Waals surface area contributed by atoms with Crippen LogP contribution in [0.5, 0.6) is 0 Å². The minimum absolute atomic E-state index is 0.0381. The standard InChI is InChI=1S/C17H14N4O6S/c22-15(23)5-2-7-19-16(24)14(28-17(19)25)9-11-6-8-20(18-11)12-3-1-4-13(10-12)21(26)27/h1,3-4,6,8-10H,2,5,7H2,(H,22,23)/b14-9-. The van der Waals surface area contributed by atoms with Crippen molar-refractivity contribution in [2.75, 3.05) is 6.54 Å². The number of nitro groups is 1. The molecule has 10 nitrogen and oxygen atoms in total. The minimum Gasteiger partial charge on any atom is -0.481 e. The second-order valence-electron chi connectivity index (χ2n) is 5.79. The van der Waals surface area contributed by atoms with Gasteiger partial charge in [0.25, 0.3) is 16.8 Å². The predicted octanol–water partition coefficient (Wildman–Crippen LogP) is 2.68. The number of amides is 2. The van der Waals surface area contributed by atoms with Gasteiger partial charge in [0.1, 0.15) is 0 Å². The topological polar surface area (TPSA) is 136 Å². The molecule has 0 bridgehead atoms. The summed E-state index contributed by atoms with van der Waals surface area (Å²) >= 11 is 0.759. The van der Waals surface area contributed by atoms with Crippen LogP contribution in [0, 0.1) is 10.1 Å². The molecule has 1 aliphatic heterocycles. The van der Waals surface area contributed by atoms with Crippen molar-refractivity contribution in [3.63, 3.8) is 0 Å². The van der Waals surface area contributed by atoms with E-state index in [0.29, 0.717) is 11.4 Å². The Hall–Kier alpha value is -3.47. The maximum atomic E-state index is 12.4. The van der Waals surface area contributed by atoms with Crippen molar-refractivity contribution in [3.05, 3.63) is 57.2 Å². The Morgan fingerprint density at radius 3 is 2.82 bits per heavy atom. The Morgan fingerprint density at radius 1 is 1.32 bits per heavy atom. The number of carbonyl (C=O) groups excluding carboxylic acids is 2. The number of non-ortho nitro benzene ring substituents is 1. The number of nitro benzene ring substituents is 1. The molecule has 0 atom stereocenters. The van der Waals surface area contributed by atoms with Crippen molar-refractivity contribution in [2.45, 2.75) is 12.8 Å². The summed E-state index contributed by atoms with van der Waals surface area (Å²) in [6.45, 7) is 0.0381. The van der Waals surface area contributed by atoms with Gasteiger partial charge >= 0.3 is 5.97 Å². The zero-order valence-corrected chi connectivity index (χ0v) is 15.2. The largest absolute Gasteiger partial charge is 0.481 e. The summed E-state index contributed by atoms with van der Waals surface area (Å²) in [6, 6.07) is 7.54. The first-order valence-corrected chi connectivity index (χ1v) is 8.94. The van der Waals surface area contributed by atoms with Crippen LogP contribution in [0.15, 0.2) is 41.4 Å². The van der Waals surface area contributed by atoms with Crippen molar-refractivity contribution in [3.8, 4) is 5.69 Å². The van der Waals surface area contributed by atoms with Crippen molar-refractivity contribution >= 4 is 40.6 Å². The van der Waals surface area contributed by atoms with Crippen LogP contribution >= 0.6 is 11.8 Å². The molecule has 11 heteroatoms. The highest BCUT2D eigenvalue weighted by Gasteiger charge is 2.34. The third-order valence-corrected chi connectivity index (χ3v) is 4.75. The third kappa shape index (κ3) is 4.26. The minimum atomic E-state index is -0.991. The van der Waals surface area contributed by atoms with Crippen LogP contribution < -0.4 is 0 Å². The molecule has 28 heavy (non-hydrogen) atoms. The fourth-order valence-electron chi connectivity index (χ4n) is 2.52. The summed E-state index contributed by atoms with van der Waals surface area (Å²) in [7, 11) is 0. The van der Waals surface area contributed by atoms with E-state index in [0.717, 1.165) is 16.7 Å². The van der Waals surface area contributed by atoms with Gasteiger partial charge in [-0.3, -0.25) is 29.4 Å². The summed E-state index contributed by atoms with van der Waals surface area (Å²) in [5, 5.41) is 23.3. The normalized spacial score (nSPS) is 15.4. The molecule has 0 saturated carbocycles. The lowest BCUT2D eigenvalue weighted by Crippen LogP contribution is -2.29. The number of nitrogens with zero attached hydrogens (tertiary/aromatic N) is 4. The number of aromatic nitrogens is 2. The van der Waals surface area contributed by atoms with Gasteiger partial charge in [0.05, 0.1) is 21.2 Å². The zero-order valence-electron chi connectivity index (χ0n) is 14.3. The number of carbonyl (C=O) groups is 3. The molecule has 0 spiro atoms. The molecule has 0 aliphatic carbocycles. The Bertz CT molecular complexity index is 999. The molecule has 1 aromatic heterocycles. The van der Waals surface area contributed by atoms with E-state index in [1.165, 1.54) is 29.0 Å². The van der Waals surface area contributed by atoms with Gasteiger partial charge in [0, 0.05) is 31.3 Å². The Morgan fingerprint density at radius 2 is 2.11 bits per heavy atom. The molecule has 1 fully saturated rings. The van der Waals surface area contributed by atoms with Gasteiger partial charge in [-0.2, -0.15) is 5.10 Å².